The third kappa shape index (κ3) is 1.70. The van der Waals surface area contributed by atoms with Crippen molar-refractivity contribution in [3.63, 3.8) is 0 Å². The van der Waals surface area contributed by atoms with Crippen molar-refractivity contribution < 1.29 is 9.21 Å². The quantitative estimate of drug-likeness (QED) is 0.836. The fourth-order valence-electron chi connectivity index (χ4n) is 2.27. The Morgan fingerprint density at radius 1 is 1.47 bits per heavy atom. The van der Waals surface area contributed by atoms with Crippen molar-refractivity contribution in [2.75, 3.05) is 5.32 Å². The molecule has 1 unspecified atom stereocenters. The maximum atomic E-state index is 11.7. The molecule has 0 aliphatic carbocycles. The van der Waals surface area contributed by atoms with Crippen LogP contribution in [0.5, 0.6) is 0 Å². The van der Waals surface area contributed by atoms with Crippen LogP contribution in [0.1, 0.15) is 24.5 Å². The number of carbonyl (C=O) groups is 1. The topological polar surface area (TPSA) is 99.0 Å². The Balaban J connectivity index is 2.20. The molecule has 0 fully saturated rings. The monoisotopic (exact) mass is 259 g/mol. The third-order valence-electron chi connectivity index (χ3n) is 3.09. The van der Waals surface area contributed by atoms with E-state index >= 15 is 0 Å². The first-order valence-electron chi connectivity index (χ1n) is 5.81. The molecule has 0 saturated heterocycles. The smallest absolute Gasteiger partial charge is 0.249 e. The molecule has 1 atom stereocenters. The predicted octanol–water partition coefficient (Wildman–Crippen LogP) is 0.954. The normalized spacial score (nSPS) is 18.1. The van der Waals surface area contributed by atoms with Crippen LogP contribution in [0.3, 0.4) is 0 Å². The minimum Gasteiger partial charge on any atom is -0.464 e. The summed E-state index contributed by atoms with van der Waals surface area (Å²) in [6.07, 6.45) is 1.42. The summed E-state index contributed by atoms with van der Waals surface area (Å²) in [7, 11) is 0. The Labute approximate surface area is 109 Å². The van der Waals surface area contributed by atoms with Crippen molar-refractivity contribution in [1.82, 2.24) is 14.8 Å². The zero-order valence-electron chi connectivity index (χ0n) is 10.5. The van der Waals surface area contributed by atoms with Crippen LogP contribution in [-0.2, 0) is 4.79 Å². The molecule has 0 saturated carbocycles. The molecule has 98 valence electrons. The van der Waals surface area contributed by atoms with Crippen LogP contribution in [0.4, 0.5) is 5.95 Å². The van der Waals surface area contributed by atoms with Gasteiger partial charge in [-0.2, -0.15) is 10.1 Å². The third-order valence-corrected chi connectivity index (χ3v) is 3.09. The number of primary amides is 1. The summed E-state index contributed by atoms with van der Waals surface area (Å²) < 4.78 is 7.21. The van der Waals surface area contributed by atoms with Gasteiger partial charge in [-0.25, -0.2) is 4.68 Å². The molecular formula is C12H13N5O2. The van der Waals surface area contributed by atoms with Crippen molar-refractivity contribution in [2.45, 2.75) is 19.9 Å². The van der Waals surface area contributed by atoms with Crippen LogP contribution in [0.2, 0.25) is 0 Å². The standard InChI is InChI=1S/C12H13N5O2/c1-6-3-4-8(19-6)10-9(11(13)18)7(2)16-12-14-5-15-17(10)12/h3-5,10H,1-2H3,(H2,13,18)(H,14,15,16). The van der Waals surface area contributed by atoms with Crippen LogP contribution in [0, 0.1) is 6.92 Å². The van der Waals surface area contributed by atoms with Crippen molar-refractivity contribution in [3.8, 4) is 0 Å². The van der Waals surface area contributed by atoms with E-state index in [1.807, 2.05) is 19.1 Å². The molecule has 7 heteroatoms. The van der Waals surface area contributed by atoms with Gasteiger partial charge in [0.05, 0.1) is 5.57 Å². The highest BCUT2D eigenvalue weighted by atomic mass is 16.3. The summed E-state index contributed by atoms with van der Waals surface area (Å²) in [5.74, 6) is 1.42. The summed E-state index contributed by atoms with van der Waals surface area (Å²) in [5, 5.41) is 7.14. The van der Waals surface area contributed by atoms with Crippen molar-refractivity contribution >= 4 is 11.9 Å². The highest BCUT2D eigenvalue weighted by Gasteiger charge is 2.34. The number of fused-ring (bicyclic) bond motifs is 1. The molecular weight excluding hydrogens is 246 g/mol. The molecule has 0 aromatic carbocycles. The molecule has 1 aliphatic heterocycles. The minimum absolute atomic E-state index is 0.423. The predicted molar refractivity (Wildman–Crippen MR) is 67.1 cm³/mol. The van der Waals surface area contributed by atoms with Gasteiger partial charge in [0, 0.05) is 5.70 Å². The molecule has 3 heterocycles. The van der Waals surface area contributed by atoms with E-state index in [4.69, 9.17) is 10.2 Å². The number of carbonyl (C=O) groups excluding carboxylic acids is 1. The summed E-state index contributed by atoms with van der Waals surface area (Å²) in [4.78, 5) is 15.8. The van der Waals surface area contributed by atoms with Gasteiger partial charge in [-0.05, 0) is 26.0 Å². The zero-order chi connectivity index (χ0) is 13.6. The first kappa shape index (κ1) is 11.5. The fraction of sp³-hybridized carbons (Fsp3) is 0.250. The maximum Gasteiger partial charge on any atom is 0.249 e. The second-order valence-corrected chi connectivity index (χ2v) is 4.41. The van der Waals surface area contributed by atoms with E-state index in [1.54, 1.807) is 11.6 Å². The minimum atomic E-state index is -0.509. The van der Waals surface area contributed by atoms with Crippen LogP contribution < -0.4 is 11.1 Å². The molecule has 3 rings (SSSR count). The lowest BCUT2D eigenvalue weighted by atomic mass is 10.0. The lowest BCUT2D eigenvalue weighted by molar-refractivity contribution is -0.115. The van der Waals surface area contributed by atoms with Crippen LogP contribution in [0.25, 0.3) is 0 Å². The van der Waals surface area contributed by atoms with Crippen LogP contribution >= 0.6 is 0 Å². The van der Waals surface area contributed by atoms with E-state index in [9.17, 15) is 4.79 Å². The highest BCUT2D eigenvalue weighted by Crippen LogP contribution is 2.34. The average molecular weight is 259 g/mol. The van der Waals surface area contributed by atoms with Gasteiger partial charge in [-0.15, -0.1) is 0 Å². The van der Waals surface area contributed by atoms with Gasteiger partial charge in [0.25, 0.3) is 0 Å². The van der Waals surface area contributed by atoms with Gasteiger partial charge in [-0.1, -0.05) is 0 Å². The number of aryl methyl sites for hydroxylation is 1. The molecule has 19 heavy (non-hydrogen) atoms. The number of hydrogen-bond acceptors (Lipinski definition) is 5. The molecule has 0 radical (unpaired) electrons. The highest BCUT2D eigenvalue weighted by molar-refractivity contribution is 5.95. The zero-order valence-corrected chi connectivity index (χ0v) is 10.5. The number of hydrogen-bond donors (Lipinski definition) is 2. The van der Waals surface area contributed by atoms with Crippen molar-refractivity contribution in [1.29, 1.82) is 0 Å². The number of rotatable bonds is 2. The lowest BCUT2D eigenvalue weighted by Crippen LogP contribution is -2.31. The van der Waals surface area contributed by atoms with E-state index in [0.717, 1.165) is 5.76 Å². The number of aromatic nitrogens is 3. The van der Waals surface area contributed by atoms with Crippen molar-refractivity contribution in [3.05, 3.63) is 41.3 Å². The molecule has 1 amide bonds. The second-order valence-electron chi connectivity index (χ2n) is 4.41. The van der Waals surface area contributed by atoms with Crippen molar-refractivity contribution in [2.24, 2.45) is 5.73 Å². The van der Waals surface area contributed by atoms with Gasteiger partial charge in [0.15, 0.2) is 0 Å². The van der Waals surface area contributed by atoms with E-state index in [-0.39, 0.29) is 0 Å². The second kappa shape index (κ2) is 3.98. The summed E-state index contributed by atoms with van der Waals surface area (Å²) in [6.45, 7) is 3.62. The Hall–Kier alpha value is -2.57. The van der Waals surface area contributed by atoms with Gasteiger partial charge < -0.3 is 15.5 Å². The Bertz CT molecular complexity index is 682. The van der Waals surface area contributed by atoms with Gasteiger partial charge in [-0.3, -0.25) is 4.79 Å². The molecule has 3 N–H and O–H groups in total. The number of furan rings is 1. The maximum absolute atomic E-state index is 11.7. The van der Waals surface area contributed by atoms with Gasteiger partial charge in [0.2, 0.25) is 11.9 Å². The summed E-state index contributed by atoms with van der Waals surface area (Å²) in [5.41, 5.74) is 6.56. The Morgan fingerprint density at radius 2 is 2.26 bits per heavy atom. The SMILES string of the molecule is CC1=C(C(N)=O)C(c2ccc(C)o2)n2ncnc2N1. The van der Waals surface area contributed by atoms with Gasteiger partial charge >= 0.3 is 0 Å². The number of nitrogens with one attached hydrogen (secondary N) is 1. The van der Waals surface area contributed by atoms with Crippen LogP contribution in [-0.4, -0.2) is 20.7 Å². The molecule has 1 aliphatic rings. The number of allylic oxidation sites excluding steroid dienone is 1. The fourth-order valence-corrected chi connectivity index (χ4v) is 2.27. The number of nitrogens with zero attached hydrogens (tertiary/aromatic N) is 3. The van der Waals surface area contributed by atoms with Crippen LogP contribution in [0.15, 0.2) is 34.1 Å². The average Bonchev–Trinajstić information content (AvgIpc) is 2.95. The molecule has 2 aromatic heterocycles. The van der Waals surface area contributed by atoms with E-state index in [2.05, 4.69) is 15.4 Å². The first-order chi connectivity index (χ1) is 9.08. The number of nitrogens with two attached hydrogens (primary N) is 1. The Kier molecular flexibility index (Phi) is 2.41. The van der Waals surface area contributed by atoms with E-state index < -0.39 is 11.9 Å². The van der Waals surface area contributed by atoms with Gasteiger partial charge in [0.1, 0.15) is 23.9 Å². The molecule has 7 nitrogen and oxygen atoms in total. The number of amides is 1. The summed E-state index contributed by atoms with van der Waals surface area (Å²) in [6, 6.07) is 3.17. The summed E-state index contributed by atoms with van der Waals surface area (Å²) >= 11 is 0. The largest absolute Gasteiger partial charge is 0.464 e. The molecule has 0 bridgehead atoms. The lowest BCUT2D eigenvalue weighted by Gasteiger charge is -2.25. The van der Waals surface area contributed by atoms with E-state index in [0.29, 0.717) is 23.0 Å². The molecule has 0 spiro atoms. The van der Waals surface area contributed by atoms with E-state index in [1.165, 1.54) is 6.33 Å². The number of anilines is 1. The molecule has 2 aromatic rings. The Morgan fingerprint density at radius 3 is 2.89 bits per heavy atom. The first-order valence-corrected chi connectivity index (χ1v) is 5.81.